The molecule has 0 aliphatic carbocycles. The molecule has 0 aromatic heterocycles. The Hall–Kier alpha value is -2.90. The van der Waals surface area contributed by atoms with Gasteiger partial charge in [-0.15, -0.1) is 0 Å². The van der Waals surface area contributed by atoms with Gasteiger partial charge in [0.25, 0.3) is 11.8 Å². The molecular weight excluding hydrogens is 360 g/mol. The van der Waals surface area contributed by atoms with Crippen molar-refractivity contribution in [1.82, 2.24) is 10.2 Å². The van der Waals surface area contributed by atoms with Crippen LogP contribution in [0.1, 0.15) is 29.7 Å². The number of benzene rings is 2. The van der Waals surface area contributed by atoms with Crippen LogP contribution in [-0.4, -0.2) is 46.2 Å². The minimum Gasteiger partial charge on any atom is -0.497 e. The third-order valence-electron chi connectivity index (χ3n) is 4.95. The molecule has 0 saturated heterocycles. The fraction of sp³-hybridized carbons (Fsp3) is 0.333. The van der Waals surface area contributed by atoms with Crippen molar-refractivity contribution in [2.45, 2.75) is 38.3 Å². The fourth-order valence-electron chi connectivity index (χ4n) is 3.23. The van der Waals surface area contributed by atoms with Gasteiger partial charge in [0, 0.05) is 13.1 Å². The summed E-state index contributed by atoms with van der Waals surface area (Å²) in [6, 6.07) is 14.3. The first-order chi connectivity index (χ1) is 13.4. The molecule has 28 heavy (non-hydrogen) atoms. The smallest absolute Gasteiger partial charge is 0.255 e. The highest BCUT2D eigenvalue weighted by molar-refractivity contribution is 5.91. The number of carbonyl (C=O) groups is 2. The molecule has 7 nitrogen and oxygen atoms in total. The number of fused-ring (bicyclic) bond motifs is 1. The van der Waals surface area contributed by atoms with Gasteiger partial charge in [-0.1, -0.05) is 36.4 Å². The first-order valence-corrected chi connectivity index (χ1v) is 9.06. The van der Waals surface area contributed by atoms with Crippen LogP contribution in [0, 0.1) is 0 Å². The molecule has 3 atom stereocenters. The lowest BCUT2D eigenvalue weighted by atomic mass is 10.1. The molecule has 0 fully saturated rings. The third-order valence-corrected chi connectivity index (χ3v) is 4.95. The zero-order valence-corrected chi connectivity index (χ0v) is 15.8. The number of rotatable bonds is 6. The molecule has 3 rings (SSSR count). The van der Waals surface area contributed by atoms with Crippen molar-refractivity contribution in [1.29, 1.82) is 0 Å². The van der Waals surface area contributed by atoms with E-state index >= 15 is 0 Å². The Morgan fingerprint density at radius 1 is 1.00 bits per heavy atom. The van der Waals surface area contributed by atoms with Crippen LogP contribution in [0.5, 0.6) is 5.75 Å². The first-order valence-electron chi connectivity index (χ1n) is 9.06. The van der Waals surface area contributed by atoms with Gasteiger partial charge in [0.2, 0.25) is 0 Å². The monoisotopic (exact) mass is 384 g/mol. The molecule has 2 aromatic carbocycles. The number of hydrogen-bond acceptors (Lipinski definition) is 5. The summed E-state index contributed by atoms with van der Waals surface area (Å²) in [4.78, 5) is 26.2. The summed E-state index contributed by atoms with van der Waals surface area (Å²) in [5, 5.41) is 23.0. The topological polar surface area (TPSA) is 99.1 Å². The lowest BCUT2D eigenvalue weighted by Crippen LogP contribution is -2.50. The Morgan fingerprint density at radius 2 is 1.57 bits per heavy atom. The van der Waals surface area contributed by atoms with E-state index in [1.165, 1.54) is 4.90 Å². The Kier molecular flexibility index (Phi) is 5.96. The van der Waals surface area contributed by atoms with Crippen molar-refractivity contribution in [3.63, 3.8) is 0 Å². The highest BCUT2D eigenvalue weighted by Crippen LogP contribution is 2.23. The average molecular weight is 384 g/mol. The molecule has 0 spiro atoms. The van der Waals surface area contributed by atoms with Crippen LogP contribution in [0.4, 0.5) is 0 Å². The maximum Gasteiger partial charge on any atom is 0.255 e. The number of ether oxygens (including phenoxy) is 1. The van der Waals surface area contributed by atoms with E-state index in [1.54, 1.807) is 38.3 Å². The summed E-state index contributed by atoms with van der Waals surface area (Å²) in [6.07, 6.45) is -3.67. The Bertz CT molecular complexity index is 827. The average Bonchev–Trinajstić information content (AvgIpc) is 3.16. The van der Waals surface area contributed by atoms with Crippen molar-refractivity contribution >= 4 is 11.8 Å². The molecule has 1 aliphatic heterocycles. The number of nitrogens with zero attached hydrogens (tertiary/aromatic N) is 1. The SMILES string of the molecule is COc1ccc([C@@H](C)NC(=O)[C@H](O)[C@@H](O)C(=O)N2Cc3ccccc3C2)cc1. The molecule has 0 unspecified atom stereocenters. The van der Waals surface area contributed by atoms with Crippen LogP contribution >= 0.6 is 0 Å². The summed E-state index contributed by atoms with van der Waals surface area (Å²) >= 11 is 0. The second-order valence-electron chi connectivity index (χ2n) is 6.86. The summed E-state index contributed by atoms with van der Waals surface area (Å²) < 4.78 is 5.10. The van der Waals surface area contributed by atoms with Crippen LogP contribution in [0.25, 0.3) is 0 Å². The summed E-state index contributed by atoms with van der Waals surface area (Å²) in [5.41, 5.74) is 2.79. The summed E-state index contributed by atoms with van der Waals surface area (Å²) in [5.74, 6) is -0.785. The molecule has 1 aliphatic rings. The minimum absolute atomic E-state index is 0.350. The minimum atomic E-state index is -1.85. The van der Waals surface area contributed by atoms with Gasteiger partial charge in [-0.05, 0) is 35.7 Å². The number of aliphatic hydroxyl groups excluding tert-OH is 2. The largest absolute Gasteiger partial charge is 0.497 e. The lowest BCUT2D eigenvalue weighted by Gasteiger charge is -2.24. The van der Waals surface area contributed by atoms with Gasteiger partial charge in [0.1, 0.15) is 5.75 Å². The highest BCUT2D eigenvalue weighted by atomic mass is 16.5. The zero-order chi connectivity index (χ0) is 20.3. The highest BCUT2D eigenvalue weighted by Gasteiger charge is 2.35. The number of aliphatic hydroxyl groups is 2. The van der Waals surface area contributed by atoms with Crippen LogP contribution in [0.3, 0.4) is 0 Å². The third kappa shape index (κ3) is 4.16. The Morgan fingerprint density at radius 3 is 2.11 bits per heavy atom. The van der Waals surface area contributed by atoms with E-state index in [0.29, 0.717) is 18.8 Å². The molecular formula is C21H24N2O5. The van der Waals surface area contributed by atoms with Gasteiger partial charge >= 0.3 is 0 Å². The number of carbonyl (C=O) groups excluding carboxylic acids is 2. The second-order valence-corrected chi connectivity index (χ2v) is 6.86. The van der Waals surface area contributed by atoms with Gasteiger partial charge in [0.05, 0.1) is 13.2 Å². The predicted octanol–water partition coefficient (Wildman–Crippen LogP) is 1.14. The van der Waals surface area contributed by atoms with Gasteiger partial charge in [-0.25, -0.2) is 0 Å². The maximum absolute atomic E-state index is 12.5. The van der Waals surface area contributed by atoms with Gasteiger partial charge in [0.15, 0.2) is 12.2 Å². The molecule has 7 heteroatoms. The van der Waals surface area contributed by atoms with E-state index in [0.717, 1.165) is 16.7 Å². The number of methoxy groups -OCH3 is 1. The fourth-order valence-corrected chi connectivity index (χ4v) is 3.23. The standard InChI is InChI=1S/C21H24N2O5/c1-13(14-7-9-17(28-2)10-8-14)22-20(26)18(24)19(25)21(27)23-11-15-5-3-4-6-16(15)12-23/h3-10,13,18-19,24-25H,11-12H2,1-2H3,(H,22,26)/t13-,18-,19-/m1/s1. The lowest BCUT2D eigenvalue weighted by molar-refractivity contribution is -0.153. The molecule has 0 bridgehead atoms. The zero-order valence-electron chi connectivity index (χ0n) is 15.8. The van der Waals surface area contributed by atoms with E-state index in [9.17, 15) is 19.8 Å². The van der Waals surface area contributed by atoms with Crippen molar-refractivity contribution < 1.29 is 24.5 Å². The summed E-state index contributed by atoms with van der Waals surface area (Å²) in [7, 11) is 1.56. The molecule has 2 aromatic rings. The van der Waals surface area contributed by atoms with E-state index in [1.807, 2.05) is 24.3 Å². The van der Waals surface area contributed by atoms with E-state index < -0.39 is 30.1 Å². The van der Waals surface area contributed by atoms with Crippen LogP contribution in [-0.2, 0) is 22.7 Å². The quantitative estimate of drug-likeness (QED) is 0.694. The number of hydrogen-bond donors (Lipinski definition) is 3. The van der Waals surface area contributed by atoms with Gasteiger partial charge in [-0.2, -0.15) is 0 Å². The van der Waals surface area contributed by atoms with Gasteiger partial charge < -0.3 is 25.2 Å². The molecule has 0 radical (unpaired) electrons. The van der Waals surface area contributed by atoms with Crippen molar-refractivity contribution in [3.8, 4) is 5.75 Å². The van der Waals surface area contributed by atoms with E-state index in [2.05, 4.69) is 5.32 Å². The van der Waals surface area contributed by atoms with Crippen molar-refractivity contribution in [2.24, 2.45) is 0 Å². The summed E-state index contributed by atoms with van der Waals surface area (Å²) in [6.45, 7) is 2.45. The number of amides is 2. The van der Waals surface area contributed by atoms with E-state index in [4.69, 9.17) is 4.74 Å². The van der Waals surface area contributed by atoms with Crippen molar-refractivity contribution in [2.75, 3.05) is 7.11 Å². The molecule has 3 N–H and O–H groups in total. The Labute approximate surface area is 163 Å². The van der Waals surface area contributed by atoms with Gasteiger partial charge in [-0.3, -0.25) is 9.59 Å². The molecule has 148 valence electrons. The molecule has 1 heterocycles. The van der Waals surface area contributed by atoms with Crippen LogP contribution < -0.4 is 10.1 Å². The van der Waals surface area contributed by atoms with Crippen molar-refractivity contribution in [3.05, 3.63) is 65.2 Å². The first kappa shape index (κ1) is 19.9. The second kappa shape index (κ2) is 8.41. The number of nitrogens with one attached hydrogen (secondary N) is 1. The predicted molar refractivity (Wildman–Crippen MR) is 102 cm³/mol. The molecule has 0 saturated carbocycles. The van der Waals surface area contributed by atoms with Crippen LogP contribution in [0.2, 0.25) is 0 Å². The van der Waals surface area contributed by atoms with Crippen LogP contribution in [0.15, 0.2) is 48.5 Å². The van der Waals surface area contributed by atoms with E-state index in [-0.39, 0.29) is 0 Å². The Balaban J connectivity index is 1.58. The maximum atomic E-state index is 12.5. The normalized spacial score (nSPS) is 16.1. The molecule has 2 amide bonds.